The van der Waals surface area contributed by atoms with Crippen LogP contribution in [0.3, 0.4) is 0 Å². The maximum Gasteiger partial charge on any atom is 0.338 e. The molecule has 0 saturated heterocycles. The summed E-state index contributed by atoms with van der Waals surface area (Å²) in [5, 5.41) is 3.36. The molecular weight excluding hydrogens is 422 g/mol. The number of carbonyl (C=O) groups is 2. The van der Waals surface area contributed by atoms with Gasteiger partial charge < -0.3 is 10.1 Å². The van der Waals surface area contributed by atoms with Crippen molar-refractivity contribution < 1.29 is 14.3 Å². The van der Waals surface area contributed by atoms with Gasteiger partial charge in [0.15, 0.2) is 10.9 Å². The second-order valence-corrected chi connectivity index (χ2v) is 7.67. The van der Waals surface area contributed by atoms with Gasteiger partial charge in [0, 0.05) is 11.4 Å². The van der Waals surface area contributed by atoms with E-state index < -0.39 is 11.9 Å². The molecule has 1 heterocycles. The number of nitrogens with zero attached hydrogens (tertiary/aromatic N) is 2. The Morgan fingerprint density at radius 3 is 2.57 bits per heavy atom. The highest BCUT2D eigenvalue weighted by Crippen LogP contribution is 2.24. The summed E-state index contributed by atoms with van der Waals surface area (Å²) in [6.45, 7) is 4.09. The molecule has 0 bridgehead atoms. The fraction of sp³-hybridized carbons (Fsp3) is 0.182. The monoisotopic (exact) mass is 441 g/mol. The van der Waals surface area contributed by atoms with Crippen LogP contribution in [0, 0.1) is 6.92 Å². The predicted octanol–water partition coefficient (Wildman–Crippen LogP) is 5.16. The van der Waals surface area contributed by atoms with Gasteiger partial charge in [-0.05, 0) is 49.2 Å². The predicted molar refractivity (Wildman–Crippen MR) is 118 cm³/mol. The van der Waals surface area contributed by atoms with Crippen LogP contribution >= 0.6 is 23.4 Å². The van der Waals surface area contributed by atoms with Crippen molar-refractivity contribution in [2.45, 2.75) is 24.8 Å². The van der Waals surface area contributed by atoms with Crippen LogP contribution in [0.4, 0.5) is 5.69 Å². The molecule has 8 heteroatoms. The maximum absolute atomic E-state index is 12.7. The van der Waals surface area contributed by atoms with Crippen LogP contribution in [0.5, 0.6) is 0 Å². The first kappa shape index (κ1) is 21.8. The Labute approximate surface area is 184 Å². The molecule has 3 rings (SSSR count). The Morgan fingerprint density at radius 1 is 1.13 bits per heavy atom. The summed E-state index contributed by atoms with van der Waals surface area (Å²) in [4.78, 5) is 32.9. The van der Waals surface area contributed by atoms with Gasteiger partial charge in [0.2, 0.25) is 0 Å². The van der Waals surface area contributed by atoms with Crippen molar-refractivity contribution in [3.63, 3.8) is 0 Å². The van der Waals surface area contributed by atoms with Crippen molar-refractivity contribution in [2.75, 3.05) is 11.9 Å². The van der Waals surface area contributed by atoms with Gasteiger partial charge in [0.1, 0.15) is 0 Å². The third-order valence-corrected chi connectivity index (χ3v) is 5.40. The van der Waals surface area contributed by atoms with Gasteiger partial charge in [-0.3, -0.25) is 4.79 Å². The molecule has 0 aliphatic rings. The number of carbonyl (C=O) groups excluding carboxylic acids is 2. The smallest absolute Gasteiger partial charge is 0.338 e. The topological polar surface area (TPSA) is 81.2 Å². The fourth-order valence-electron chi connectivity index (χ4n) is 2.59. The molecule has 3 aromatic rings. The first-order valence-electron chi connectivity index (χ1n) is 9.26. The number of esters is 1. The van der Waals surface area contributed by atoms with E-state index in [-0.39, 0.29) is 10.7 Å². The molecule has 0 saturated carbocycles. The van der Waals surface area contributed by atoms with Gasteiger partial charge >= 0.3 is 5.97 Å². The fourth-order valence-corrected chi connectivity index (χ4v) is 3.66. The normalized spacial score (nSPS) is 10.5. The Kier molecular flexibility index (Phi) is 7.43. The second kappa shape index (κ2) is 10.2. The van der Waals surface area contributed by atoms with E-state index in [2.05, 4.69) is 15.3 Å². The van der Waals surface area contributed by atoms with Crippen molar-refractivity contribution in [1.82, 2.24) is 9.97 Å². The van der Waals surface area contributed by atoms with Crippen LogP contribution in [-0.4, -0.2) is 28.5 Å². The molecule has 154 valence electrons. The Morgan fingerprint density at radius 2 is 1.87 bits per heavy atom. The highest BCUT2D eigenvalue weighted by Gasteiger charge is 2.15. The number of benzene rings is 2. The van der Waals surface area contributed by atoms with Crippen LogP contribution in [0.15, 0.2) is 59.9 Å². The first-order chi connectivity index (χ1) is 14.5. The molecule has 0 aliphatic carbocycles. The van der Waals surface area contributed by atoms with Crippen LogP contribution in [-0.2, 0) is 10.5 Å². The summed E-state index contributed by atoms with van der Waals surface area (Å²) in [5.41, 5.74) is 3.37. The van der Waals surface area contributed by atoms with Crippen LogP contribution in [0.1, 0.15) is 38.9 Å². The van der Waals surface area contributed by atoms with Gasteiger partial charge in [-0.15, -0.1) is 0 Å². The number of aryl methyl sites for hydroxylation is 1. The van der Waals surface area contributed by atoms with E-state index >= 15 is 0 Å². The van der Waals surface area contributed by atoms with Gasteiger partial charge in [0.05, 0.1) is 23.4 Å². The number of hydrogen-bond donors (Lipinski definition) is 1. The minimum atomic E-state index is -0.455. The summed E-state index contributed by atoms with van der Waals surface area (Å²) < 4.78 is 4.95. The van der Waals surface area contributed by atoms with E-state index in [4.69, 9.17) is 16.3 Å². The average molecular weight is 442 g/mol. The molecule has 0 fully saturated rings. The number of halogens is 1. The number of ether oxygens (including phenoxy) is 1. The summed E-state index contributed by atoms with van der Waals surface area (Å²) in [6.07, 6.45) is 1.42. The minimum Gasteiger partial charge on any atom is -0.462 e. The number of hydrogen-bond acceptors (Lipinski definition) is 6. The molecule has 1 amide bonds. The number of nitrogens with one attached hydrogen (secondary N) is 1. The molecule has 6 nitrogen and oxygen atoms in total. The number of rotatable bonds is 7. The molecular formula is C22H20ClN3O3S. The quantitative estimate of drug-likeness (QED) is 0.310. The summed E-state index contributed by atoms with van der Waals surface area (Å²) in [6, 6.07) is 14.5. The van der Waals surface area contributed by atoms with Crippen LogP contribution in [0.25, 0.3) is 0 Å². The summed E-state index contributed by atoms with van der Waals surface area (Å²) in [7, 11) is 0. The highest BCUT2D eigenvalue weighted by molar-refractivity contribution is 7.98. The van der Waals surface area contributed by atoms with Gasteiger partial charge in [-0.1, -0.05) is 47.6 Å². The zero-order valence-electron chi connectivity index (χ0n) is 16.5. The van der Waals surface area contributed by atoms with E-state index in [1.54, 1.807) is 31.2 Å². The van der Waals surface area contributed by atoms with Gasteiger partial charge in [-0.25, -0.2) is 14.8 Å². The number of aromatic nitrogens is 2. The SMILES string of the molecule is CCOC(=O)c1ccc(NC(=O)c2nc(SCc3ccccc3C)ncc2Cl)cc1. The molecule has 30 heavy (non-hydrogen) atoms. The lowest BCUT2D eigenvalue weighted by Crippen LogP contribution is -2.15. The Balaban J connectivity index is 1.69. The molecule has 0 spiro atoms. The van der Waals surface area contributed by atoms with Crippen molar-refractivity contribution >= 4 is 40.9 Å². The zero-order chi connectivity index (χ0) is 21.5. The second-order valence-electron chi connectivity index (χ2n) is 6.32. The lowest BCUT2D eigenvalue weighted by Gasteiger charge is -2.09. The molecule has 1 aromatic heterocycles. The standard InChI is InChI=1S/C22H20ClN3O3S/c1-3-29-21(28)15-8-10-17(11-9-15)25-20(27)19-18(23)12-24-22(26-19)30-13-16-7-5-4-6-14(16)2/h4-12H,3,13H2,1-2H3,(H,25,27). The molecule has 0 aliphatic heterocycles. The number of amides is 1. The largest absolute Gasteiger partial charge is 0.462 e. The molecule has 0 atom stereocenters. The van der Waals surface area contributed by atoms with Crippen molar-refractivity contribution in [2.24, 2.45) is 0 Å². The minimum absolute atomic E-state index is 0.0911. The van der Waals surface area contributed by atoms with Crippen molar-refractivity contribution in [1.29, 1.82) is 0 Å². The summed E-state index contributed by atoms with van der Waals surface area (Å²) >= 11 is 7.58. The Bertz CT molecular complexity index is 1060. The van der Waals surface area contributed by atoms with Gasteiger partial charge in [0.25, 0.3) is 5.91 Å². The van der Waals surface area contributed by atoms with Crippen LogP contribution < -0.4 is 5.32 Å². The van der Waals surface area contributed by atoms with Crippen LogP contribution in [0.2, 0.25) is 5.02 Å². The lowest BCUT2D eigenvalue weighted by atomic mass is 10.1. The average Bonchev–Trinajstić information content (AvgIpc) is 2.74. The van der Waals surface area contributed by atoms with E-state index in [0.29, 0.717) is 28.8 Å². The highest BCUT2D eigenvalue weighted by atomic mass is 35.5. The van der Waals surface area contributed by atoms with Crippen molar-refractivity contribution in [3.8, 4) is 0 Å². The first-order valence-corrected chi connectivity index (χ1v) is 10.6. The van der Waals surface area contributed by atoms with Crippen molar-refractivity contribution in [3.05, 3.63) is 82.1 Å². The van der Waals surface area contributed by atoms with E-state index in [9.17, 15) is 9.59 Å². The molecule has 1 N–H and O–H groups in total. The molecule has 2 aromatic carbocycles. The number of anilines is 1. The van der Waals surface area contributed by atoms with E-state index in [1.165, 1.54) is 29.1 Å². The molecule has 0 radical (unpaired) electrons. The maximum atomic E-state index is 12.7. The third-order valence-electron chi connectivity index (χ3n) is 4.21. The molecule has 0 unspecified atom stereocenters. The zero-order valence-corrected chi connectivity index (χ0v) is 18.1. The lowest BCUT2D eigenvalue weighted by molar-refractivity contribution is 0.0526. The van der Waals surface area contributed by atoms with E-state index in [0.717, 1.165) is 0 Å². The third kappa shape index (κ3) is 5.58. The van der Waals surface area contributed by atoms with E-state index in [1.807, 2.05) is 31.2 Å². The Hall–Kier alpha value is -2.90. The summed E-state index contributed by atoms with van der Waals surface area (Å²) in [5.74, 6) is -0.182. The van der Waals surface area contributed by atoms with Gasteiger partial charge in [-0.2, -0.15) is 0 Å². The number of thioether (sulfide) groups is 1.